The van der Waals surface area contributed by atoms with Crippen LogP contribution in [0.25, 0.3) is 0 Å². The van der Waals surface area contributed by atoms with Crippen LogP contribution in [-0.2, 0) is 6.54 Å². The molecule has 1 aromatic rings. The van der Waals surface area contributed by atoms with Gasteiger partial charge in [-0.1, -0.05) is 25.0 Å². The summed E-state index contributed by atoms with van der Waals surface area (Å²) < 4.78 is 5.22. The SMILES string of the molecule is COc1cccc(CNC2CCCCC2N)c1. The average molecular weight is 234 g/mol. The summed E-state index contributed by atoms with van der Waals surface area (Å²) in [5, 5.41) is 3.56. The number of nitrogens with two attached hydrogens (primary N) is 1. The Hall–Kier alpha value is -1.06. The second kappa shape index (κ2) is 6.03. The molecule has 17 heavy (non-hydrogen) atoms. The topological polar surface area (TPSA) is 47.3 Å². The molecule has 0 spiro atoms. The van der Waals surface area contributed by atoms with E-state index in [9.17, 15) is 0 Å². The first kappa shape index (κ1) is 12.4. The molecule has 2 atom stereocenters. The summed E-state index contributed by atoms with van der Waals surface area (Å²) in [6, 6.07) is 8.96. The van der Waals surface area contributed by atoms with E-state index in [2.05, 4.69) is 17.4 Å². The predicted octanol–water partition coefficient (Wildman–Crippen LogP) is 2.05. The largest absolute Gasteiger partial charge is 0.497 e. The van der Waals surface area contributed by atoms with Gasteiger partial charge in [0.15, 0.2) is 0 Å². The van der Waals surface area contributed by atoms with Gasteiger partial charge in [0.1, 0.15) is 5.75 Å². The monoisotopic (exact) mass is 234 g/mol. The van der Waals surface area contributed by atoms with E-state index < -0.39 is 0 Å². The van der Waals surface area contributed by atoms with Crippen molar-refractivity contribution in [3.63, 3.8) is 0 Å². The number of hydrogen-bond donors (Lipinski definition) is 2. The van der Waals surface area contributed by atoms with Gasteiger partial charge in [-0.15, -0.1) is 0 Å². The molecule has 2 rings (SSSR count). The number of rotatable bonds is 4. The molecule has 0 saturated heterocycles. The molecule has 0 bridgehead atoms. The van der Waals surface area contributed by atoms with Crippen LogP contribution in [0.1, 0.15) is 31.2 Å². The molecule has 0 radical (unpaired) electrons. The first-order chi connectivity index (χ1) is 8.29. The normalized spacial score (nSPS) is 24.6. The van der Waals surface area contributed by atoms with Gasteiger partial charge in [-0.3, -0.25) is 0 Å². The smallest absolute Gasteiger partial charge is 0.119 e. The molecule has 1 aromatic carbocycles. The summed E-state index contributed by atoms with van der Waals surface area (Å²) in [7, 11) is 1.70. The van der Waals surface area contributed by atoms with Gasteiger partial charge in [-0.2, -0.15) is 0 Å². The van der Waals surface area contributed by atoms with Crippen LogP contribution in [0.5, 0.6) is 5.75 Å². The summed E-state index contributed by atoms with van der Waals surface area (Å²) in [5.74, 6) is 0.914. The number of nitrogens with one attached hydrogen (secondary N) is 1. The lowest BCUT2D eigenvalue weighted by molar-refractivity contribution is 0.326. The van der Waals surface area contributed by atoms with E-state index in [4.69, 9.17) is 10.5 Å². The number of ether oxygens (including phenoxy) is 1. The first-order valence-corrected chi connectivity index (χ1v) is 6.41. The van der Waals surface area contributed by atoms with Gasteiger partial charge < -0.3 is 15.8 Å². The fraction of sp³-hybridized carbons (Fsp3) is 0.571. The van der Waals surface area contributed by atoms with Crippen molar-refractivity contribution >= 4 is 0 Å². The van der Waals surface area contributed by atoms with E-state index >= 15 is 0 Å². The Morgan fingerprint density at radius 3 is 2.94 bits per heavy atom. The van der Waals surface area contributed by atoms with Crippen molar-refractivity contribution in [2.75, 3.05) is 7.11 Å². The van der Waals surface area contributed by atoms with Gasteiger partial charge in [0.05, 0.1) is 7.11 Å². The quantitative estimate of drug-likeness (QED) is 0.838. The molecule has 0 aromatic heterocycles. The predicted molar refractivity (Wildman–Crippen MR) is 70.1 cm³/mol. The van der Waals surface area contributed by atoms with Crippen molar-refractivity contribution in [2.45, 2.75) is 44.3 Å². The number of hydrogen-bond acceptors (Lipinski definition) is 3. The van der Waals surface area contributed by atoms with Gasteiger partial charge in [-0.05, 0) is 30.5 Å². The summed E-state index contributed by atoms with van der Waals surface area (Å²) in [4.78, 5) is 0. The molecule has 1 fully saturated rings. The van der Waals surface area contributed by atoms with Crippen molar-refractivity contribution in [3.8, 4) is 5.75 Å². The highest BCUT2D eigenvalue weighted by molar-refractivity contribution is 5.28. The zero-order valence-corrected chi connectivity index (χ0v) is 10.5. The maximum atomic E-state index is 6.11. The van der Waals surface area contributed by atoms with Gasteiger partial charge in [-0.25, -0.2) is 0 Å². The molecule has 0 aliphatic heterocycles. The maximum absolute atomic E-state index is 6.11. The van der Waals surface area contributed by atoms with Crippen molar-refractivity contribution < 1.29 is 4.74 Å². The lowest BCUT2D eigenvalue weighted by Crippen LogP contribution is -2.46. The summed E-state index contributed by atoms with van der Waals surface area (Å²) in [6.07, 6.45) is 4.92. The zero-order valence-electron chi connectivity index (χ0n) is 10.5. The Kier molecular flexibility index (Phi) is 4.40. The van der Waals surface area contributed by atoms with E-state index in [-0.39, 0.29) is 0 Å². The molecule has 3 N–H and O–H groups in total. The van der Waals surface area contributed by atoms with Gasteiger partial charge in [0.2, 0.25) is 0 Å². The summed E-state index contributed by atoms with van der Waals surface area (Å²) in [6.45, 7) is 0.871. The van der Waals surface area contributed by atoms with Crippen molar-refractivity contribution in [2.24, 2.45) is 5.73 Å². The van der Waals surface area contributed by atoms with Crippen LogP contribution in [-0.4, -0.2) is 19.2 Å². The molecule has 1 aliphatic rings. The van der Waals surface area contributed by atoms with Crippen molar-refractivity contribution in [1.82, 2.24) is 5.32 Å². The molecule has 0 amide bonds. The fourth-order valence-electron chi connectivity index (χ4n) is 2.44. The van der Waals surface area contributed by atoms with Crippen LogP contribution in [0.4, 0.5) is 0 Å². The summed E-state index contributed by atoms with van der Waals surface area (Å²) >= 11 is 0. The first-order valence-electron chi connectivity index (χ1n) is 6.41. The molecule has 3 heteroatoms. The molecular formula is C14H22N2O. The molecular weight excluding hydrogens is 212 g/mol. The lowest BCUT2D eigenvalue weighted by atomic mass is 9.91. The Bertz CT molecular complexity index is 354. The molecule has 94 valence electrons. The fourth-order valence-corrected chi connectivity index (χ4v) is 2.44. The number of methoxy groups -OCH3 is 1. The molecule has 1 saturated carbocycles. The van der Waals surface area contributed by atoms with E-state index in [1.54, 1.807) is 7.11 Å². The van der Waals surface area contributed by atoms with Crippen LogP contribution in [0.3, 0.4) is 0 Å². The zero-order chi connectivity index (χ0) is 12.1. The van der Waals surface area contributed by atoms with Gasteiger partial charge in [0.25, 0.3) is 0 Å². The highest BCUT2D eigenvalue weighted by Gasteiger charge is 2.20. The van der Waals surface area contributed by atoms with Crippen LogP contribution in [0.15, 0.2) is 24.3 Å². The van der Waals surface area contributed by atoms with Crippen LogP contribution < -0.4 is 15.8 Å². The second-order valence-corrected chi connectivity index (χ2v) is 4.79. The minimum absolute atomic E-state index is 0.314. The Morgan fingerprint density at radius 1 is 1.35 bits per heavy atom. The lowest BCUT2D eigenvalue weighted by Gasteiger charge is -2.29. The van der Waals surface area contributed by atoms with E-state index in [0.29, 0.717) is 12.1 Å². The maximum Gasteiger partial charge on any atom is 0.119 e. The number of benzene rings is 1. The molecule has 1 aliphatic carbocycles. The van der Waals surface area contributed by atoms with Gasteiger partial charge >= 0.3 is 0 Å². The summed E-state index contributed by atoms with van der Waals surface area (Å²) in [5.41, 5.74) is 7.36. The van der Waals surface area contributed by atoms with E-state index in [1.807, 2.05) is 12.1 Å². The van der Waals surface area contributed by atoms with E-state index in [1.165, 1.54) is 24.8 Å². The minimum Gasteiger partial charge on any atom is -0.497 e. The third kappa shape index (κ3) is 3.45. The second-order valence-electron chi connectivity index (χ2n) is 4.79. The van der Waals surface area contributed by atoms with Crippen LogP contribution >= 0.6 is 0 Å². The minimum atomic E-state index is 0.314. The van der Waals surface area contributed by atoms with Gasteiger partial charge in [0, 0.05) is 18.6 Å². The Balaban J connectivity index is 1.88. The highest BCUT2D eigenvalue weighted by Crippen LogP contribution is 2.18. The third-order valence-corrected chi connectivity index (χ3v) is 3.52. The van der Waals surface area contributed by atoms with Crippen molar-refractivity contribution in [3.05, 3.63) is 29.8 Å². The molecule has 2 unspecified atom stereocenters. The average Bonchev–Trinajstić information content (AvgIpc) is 2.38. The third-order valence-electron chi connectivity index (χ3n) is 3.52. The van der Waals surface area contributed by atoms with Crippen LogP contribution in [0.2, 0.25) is 0 Å². The molecule has 0 heterocycles. The highest BCUT2D eigenvalue weighted by atomic mass is 16.5. The molecule has 3 nitrogen and oxygen atoms in total. The standard InChI is InChI=1S/C14H22N2O/c1-17-12-6-4-5-11(9-12)10-16-14-8-3-2-7-13(14)15/h4-6,9,13-14,16H,2-3,7-8,10,15H2,1H3. The Labute approximate surface area is 103 Å². The Morgan fingerprint density at radius 2 is 2.18 bits per heavy atom. The van der Waals surface area contributed by atoms with Crippen molar-refractivity contribution in [1.29, 1.82) is 0 Å². The van der Waals surface area contributed by atoms with Crippen LogP contribution in [0, 0.1) is 0 Å². The van der Waals surface area contributed by atoms with E-state index in [0.717, 1.165) is 18.7 Å².